The predicted octanol–water partition coefficient (Wildman–Crippen LogP) is 2.93. The van der Waals surface area contributed by atoms with Gasteiger partial charge in [0.15, 0.2) is 0 Å². The Balaban J connectivity index is 1.84. The average Bonchev–Trinajstić information content (AvgIpc) is 3.21. The van der Waals surface area contributed by atoms with E-state index in [2.05, 4.69) is 20.6 Å². The van der Waals surface area contributed by atoms with Gasteiger partial charge in [-0.25, -0.2) is 14.2 Å². The summed E-state index contributed by atoms with van der Waals surface area (Å²) in [5, 5.41) is 5.13. The summed E-state index contributed by atoms with van der Waals surface area (Å²) in [5.74, 6) is -0.151. The molecule has 7 nitrogen and oxygen atoms in total. The van der Waals surface area contributed by atoms with Crippen LogP contribution in [0.3, 0.4) is 0 Å². The van der Waals surface area contributed by atoms with E-state index in [4.69, 9.17) is 5.73 Å². The highest BCUT2D eigenvalue weighted by Crippen LogP contribution is 2.36. The van der Waals surface area contributed by atoms with Crippen molar-refractivity contribution in [3.8, 4) is 22.5 Å². The molecule has 0 bridgehead atoms. The molecule has 3 aromatic rings. The van der Waals surface area contributed by atoms with Crippen molar-refractivity contribution in [2.45, 2.75) is 13.5 Å². The molecule has 5 N–H and O–H groups in total. The number of nitrogens with one attached hydrogen (secondary N) is 3. The summed E-state index contributed by atoms with van der Waals surface area (Å²) < 4.78 is 14.7. The van der Waals surface area contributed by atoms with Crippen LogP contribution in [0.5, 0.6) is 0 Å². The number of rotatable bonds is 3. The number of anilines is 1. The van der Waals surface area contributed by atoms with Crippen molar-refractivity contribution in [1.82, 2.24) is 15.3 Å². The third-order valence-electron chi connectivity index (χ3n) is 4.45. The van der Waals surface area contributed by atoms with E-state index in [9.17, 15) is 14.0 Å². The van der Waals surface area contributed by atoms with E-state index < -0.39 is 11.8 Å². The Kier molecular flexibility index (Phi) is 3.88. The van der Waals surface area contributed by atoms with Crippen molar-refractivity contribution in [1.29, 1.82) is 0 Å². The number of fused-ring (bicyclic) bond motifs is 1. The monoisotopic (exact) mass is 365 g/mol. The number of amides is 3. The molecule has 4 rings (SSSR count). The van der Waals surface area contributed by atoms with Crippen molar-refractivity contribution in [3.63, 3.8) is 0 Å². The van der Waals surface area contributed by atoms with Gasteiger partial charge in [0.2, 0.25) is 0 Å². The number of nitrogens with zero attached hydrogens (tertiary/aromatic N) is 1. The van der Waals surface area contributed by atoms with Crippen LogP contribution in [0.4, 0.5) is 14.9 Å². The van der Waals surface area contributed by atoms with E-state index >= 15 is 0 Å². The van der Waals surface area contributed by atoms with Crippen LogP contribution in [0.2, 0.25) is 0 Å². The molecule has 27 heavy (non-hydrogen) atoms. The van der Waals surface area contributed by atoms with Gasteiger partial charge in [-0.3, -0.25) is 4.79 Å². The third kappa shape index (κ3) is 2.91. The molecule has 1 aliphatic rings. The number of imidazole rings is 1. The van der Waals surface area contributed by atoms with Gasteiger partial charge in [-0.05, 0) is 42.3 Å². The van der Waals surface area contributed by atoms with Gasteiger partial charge < -0.3 is 21.4 Å². The second-order valence-electron chi connectivity index (χ2n) is 6.30. The smallest absolute Gasteiger partial charge is 0.316 e. The highest BCUT2D eigenvalue weighted by Gasteiger charge is 2.28. The first kappa shape index (κ1) is 16.8. The lowest BCUT2D eigenvalue weighted by Gasteiger charge is -2.12. The van der Waals surface area contributed by atoms with Crippen molar-refractivity contribution in [2.24, 2.45) is 5.73 Å². The fourth-order valence-corrected chi connectivity index (χ4v) is 3.30. The Morgan fingerprint density at radius 1 is 1.22 bits per heavy atom. The largest absolute Gasteiger partial charge is 0.351 e. The number of nitrogens with two attached hydrogens (primary N) is 1. The molecule has 0 atom stereocenters. The summed E-state index contributed by atoms with van der Waals surface area (Å²) in [6.07, 6.45) is 1.69. The van der Waals surface area contributed by atoms with Gasteiger partial charge in [0.05, 0.1) is 5.56 Å². The Bertz CT molecular complexity index is 1090. The van der Waals surface area contributed by atoms with Gasteiger partial charge >= 0.3 is 6.03 Å². The molecule has 0 saturated carbocycles. The lowest BCUT2D eigenvalue weighted by atomic mass is 9.92. The van der Waals surface area contributed by atoms with Gasteiger partial charge in [0.1, 0.15) is 11.6 Å². The van der Waals surface area contributed by atoms with Crippen molar-refractivity contribution in [2.75, 3.05) is 5.32 Å². The van der Waals surface area contributed by atoms with Gasteiger partial charge in [-0.15, -0.1) is 0 Å². The number of hydrogen-bond donors (Lipinski definition) is 4. The zero-order valence-corrected chi connectivity index (χ0v) is 14.4. The number of urea groups is 1. The van der Waals surface area contributed by atoms with Crippen molar-refractivity contribution in [3.05, 3.63) is 59.2 Å². The quantitative estimate of drug-likeness (QED) is 0.572. The number of aromatic amines is 1. The number of primary amides is 1. The van der Waals surface area contributed by atoms with Crippen LogP contribution < -0.4 is 16.4 Å². The predicted molar refractivity (Wildman–Crippen MR) is 98.5 cm³/mol. The first-order valence-corrected chi connectivity index (χ1v) is 8.26. The molecule has 0 radical (unpaired) electrons. The van der Waals surface area contributed by atoms with Crippen LogP contribution in [0, 0.1) is 12.7 Å². The molecule has 0 aliphatic carbocycles. The number of aryl methyl sites for hydroxylation is 1. The molecular formula is C19H16FN5O2. The zero-order chi connectivity index (χ0) is 19.1. The number of benzene rings is 2. The minimum atomic E-state index is -0.768. The Labute approximate surface area is 153 Å². The minimum absolute atomic E-state index is 0.219. The molecule has 3 amide bonds. The van der Waals surface area contributed by atoms with E-state index in [1.807, 2.05) is 6.92 Å². The molecule has 2 aromatic carbocycles. The molecule has 1 aliphatic heterocycles. The summed E-state index contributed by atoms with van der Waals surface area (Å²) in [4.78, 5) is 30.8. The van der Waals surface area contributed by atoms with Crippen LogP contribution in [0.15, 0.2) is 36.5 Å². The van der Waals surface area contributed by atoms with Crippen LogP contribution in [0.1, 0.15) is 21.6 Å². The molecule has 1 aromatic heterocycles. The highest BCUT2D eigenvalue weighted by molar-refractivity contribution is 6.06. The Hall–Kier alpha value is -3.68. The Morgan fingerprint density at radius 3 is 2.63 bits per heavy atom. The third-order valence-corrected chi connectivity index (χ3v) is 4.45. The van der Waals surface area contributed by atoms with E-state index in [0.717, 1.165) is 5.69 Å². The minimum Gasteiger partial charge on any atom is -0.351 e. The molecule has 0 spiro atoms. The maximum atomic E-state index is 14.7. The summed E-state index contributed by atoms with van der Waals surface area (Å²) in [6, 6.07) is 7.06. The van der Waals surface area contributed by atoms with Gasteiger partial charge in [0.25, 0.3) is 5.91 Å². The van der Waals surface area contributed by atoms with E-state index in [0.29, 0.717) is 40.2 Å². The summed E-state index contributed by atoms with van der Waals surface area (Å²) >= 11 is 0. The lowest BCUT2D eigenvalue weighted by Crippen LogP contribution is -2.19. The molecule has 8 heteroatoms. The van der Waals surface area contributed by atoms with E-state index in [1.165, 1.54) is 6.07 Å². The number of aromatic nitrogens is 2. The fraction of sp³-hybridized carbons (Fsp3) is 0.105. The van der Waals surface area contributed by atoms with Crippen LogP contribution in [-0.2, 0) is 6.54 Å². The number of carbonyl (C=O) groups is 2. The maximum Gasteiger partial charge on any atom is 0.316 e. The van der Waals surface area contributed by atoms with Gasteiger partial charge in [-0.2, -0.15) is 0 Å². The molecule has 136 valence electrons. The standard InChI is InChI=1S/C19H16FN5O2/c1-9-7-22-17(24-9)13-5-4-11(14-8-23-18(26)16(13)14)12-3-2-10(6-15(12)20)25-19(21)27/h2-7H,8H2,1H3,(H,22,24)(H,23,26)(H3,21,25,27). The van der Waals surface area contributed by atoms with Crippen molar-refractivity contribution < 1.29 is 14.0 Å². The highest BCUT2D eigenvalue weighted by atomic mass is 19.1. The fourth-order valence-electron chi connectivity index (χ4n) is 3.30. The number of H-pyrrole nitrogens is 1. The topological polar surface area (TPSA) is 113 Å². The van der Waals surface area contributed by atoms with Gasteiger partial charge in [0, 0.05) is 35.2 Å². The second-order valence-corrected chi connectivity index (χ2v) is 6.30. The van der Waals surface area contributed by atoms with Crippen molar-refractivity contribution >= 4 is 17.6 Å². The van der Waals surface area contributed by atoms with Crippen LogP contribution in [-0.4, -0.2) is 21.9 Å². The SMILES string of the molecule is Cc1cnc(-c2ccc(-c3ccc(NC(N)=O)cc3F)c3c2C(=O)NC3)[nH]1. The van der Waals surface area contributed by atoms with E-state index in [1.54, 1.807) is 30.5 Å². The molecule has 0 unspecified atom stereocenters. The molecular weight excluding hydrogens is 349 g/mol. The maximum absolute atomic E-state index is 14.7. The number of halogens is 1. The summed E-state index contributed by atoms with van der Waals surface area (Å²) in [6.45, 7) is 2.18. The first-order valence-electron chi connectivity index (χ1n) is 8.26. The normalized spacial score (nSPS) is 12.6. The molecule has 0 fully saturated rings. The zero-order valence-electron chi connectivity index (χ0n) is 14.4. The lowest BCUT2D eigenvalue weighted by molar-refractivity contribution is 0.0966. The van der Waals surface area contributed by atoms with Crippen LogP contribution in [0.25, 0.3) is 22.5 Å². The number of carbonyl (C=O) groups excluding carboxylic acids is 2. The average molecular weight is 365 g/mol. The molecule has 2 heterocycles. The van der Waals surface area contributed by atoms with Crippen LogP contribution >= 0.6 is 0 Å². The molecule has 0 saturated heterocycles. The van der Waals surface area contributed by atoms with Gasteiger partial charge in [-0.1, -0.05) is 6.07 Å². The first-order chi connectivity index (χ1) is 12.9. The number of hydrogen-bond acceptors (Lipinski definition) is 3. The van der Waals surface area contributed by atoms with E-state index in [-0.39, 0.29) is 11.6 Å². The second kappa shape index (κ2) is 6.24. The summed E-state index contributed by atoms with van der Waals surface area (Å²) in [7, 11) is 0. The Morgan fingerprint density at radius 2 is 1.96 bits per heavy atom. The summed E-state index contributed by atoms with van der Waals surface area (Å²) in [5.41, 5.74) is 9.01.